The van der Waals surface area contributed by atoms with Crippen molar-refractivity contribution in [1.29, 1.82) is 0 Å². The average molecular weight is 496 g/mol. The number of thioether (sulfide) groups is 1. The summed E-state index contributed by atoms with van der Waals surface area (Å²) in [6, 6.07) is 2.56. The van der Waals surface area contributed by atoms with Gasteiger partial charge in [0.05, 0.1) is 15.9 Å². The second-order valence-electron chi connectivity index (χ2n) is 8.02. The van der Waals surface area contributed by atoms with Crippen molar-refractivity contribution < 1.29 is 15.0 Å². The van der Waals surface area contributed by atoms with Crippen molar-refractivity contribution in [3.8, 4) is 5.75 Å². The van der Waals surface area contributed by atoms with Gasteiger partial charge in [0.1, 0.15) is 0 Å². The number of non-ortho nitro benzene ring substituents is 1. The molecule has 0 aliphatic rings. The van der Waals surface area contributed by atoms with Crippen LogP contribution >= 0.6 is 11.8 Å². The molecule has 0 bridgehead atoms. The molecule has 13 heteroatoms. The van der Waals surface area contributed by atoms with Gasteiger partial charge in [-0.15, -0.1) is 0 Å². The van der Waals surface area contributed by atoms with E-state index >= 15 is 0 Å². The van der Waals surface area contributed by atoms with Crippen molar-refractivity contribution >= 4 is 35.0 Å². The highest BCUT2D eigenvalue weighted by Gasteiger charge is 2.25. The van der Waals surface area contributed by atoms with Crippen LogP contribution in [-0.2, 0) is 0 Å². The summed E-state index contributed by atoms with van der Waals surface area (Å²) < 4.78 is 0. The fraction of sp³-hybridized carbons (Fsp3) is 0.571. The van der Waals surface area contributed by atoms with Gasteiger partial charge in [-0.25, -0.2) is 0 Å². The first-order chi connectivity index (χ1) is 15.9. The fourth-order valence-corrected chi connectivity index (χ4v) is 3.22. The van der Waals surface area contributed by atoms with Crippen molar-refractivity contribution in [2.75, 3.05) is 16.4 Å². The number of phenols is 1. The lowest BCUT2D eigenvalue weighted by Gasteiger charge is -2.12. The van der Waals surface area contributed by atoms with E-state index in [4.69, 9.17) is 0 Å². The van der Waals surface area contributed by atoms with Gasteiger partial charge < -0.3 is 15.7 Å². The monoisotopic (exact) mass is 495 g/mol. The summed E-state index contributed by atoms with van der Waals surface area (Å²) in [5, 5.41) is 38.2. The van der Waals surface area contributed by atoms with Crippen LogP contribution in [0.15, 0.2) is 17.3 Å². The molecule has 1 unspecified atom stereocenters. The third-order valence-electron chi connectivity index (χ3n) is 4.38. The van der Waals surface area contributed by atoms with Crippen molar-refractivity contribution in [1.82, 2.24) is 15.0 Å². The summed E-state index contributed by atoms with van der Waals surface area (Å²) in [7, 11) is 0. The number of nitro groups is 2. The number of rotatable bonds is 10. The number of nitrogens with one attached hydrogen (secondary N) is 2. The molecule has 188 valence electrons. The Balaban J connectivity index is 0.000000340. The van der Waals surface area contributed by atoms with E-state index in [9.17, 15) is 25.3 Å². The summed E-state index contributed by atoms with van der Waals surface area (Å²) in [5.41, 5.74) is -0.785. The number of anilines is 2. The average Bonchev–Trinajstić information content (AvgIpc) is 2.72. The molecule has 1 aromatic carbocycles. The Hall–Kier alpha value is -3.22. The van der Waals surface area contributed by atoms with E-state index in [1.165, 1.54) is 6.07 Å². The summed E-state index contributed by atoms with van der Waals surface area (Å²) in [6.07, 6.45) is 0.617. The second kappa shape index (κ2) is 13.5. The molecule has 0 saturated carbocycles. The summed E-state index contributed by atoms with van der Waals surface area (Å²) in [6.45, 7) is 13.9. The first kappa shape index (κ1) is 28.8. The van der Waals surface area contributed by atoms with E-state index in [1.54, 1.807) is 18.7 Å². The molecular weight excluding hydrogens is 462 g/mol. The molecule has 3 N–H and O–H groups in total. The Bertz CT molecular complexity index is 960. The molecule has 0 aliphatic heterocycles. The van der Waals surface area contributed by atoms with E-state index in [-0.39, 0.29) is 17.2 Å². The summed E-state index contributed by atoms with van der Waals surface area (Å²) in [4.78, 5) is 32.9. The van der Waals surface area contributed by atoms with Crippen LogP contribution in [0.1, 0.15) is 66.4 Å². The van der Waals surface area contributed by atoms with E-state index < -0.39 is 21.3 Å². The molecule has 2 aromatic rings. The van der Waals surface area contributed by atoms with Gasteiger partial charge in [0.25, 0.3) is 5.69 Å². The van der Waals surface area contributed by atoms with E-state index in [0.717, 1.165) is 17.0 Å². The number of nitro benzene ring substituents is 2. The van der Waals surface area contributed by atoms with Crippen LogP contribution in [0, 0.1) is 20.2 Å². The Kier molecular flexibility index (Phi) is 11.4. The summed E-state index contributed by atoms with van der Waals surface area (Å²) in [5.74, 6) is 1.54. The van der Waals surface area contributed by atoms with Gasteiger partial charge in [0, 0.05) is 23.7 Å². The lowest BCUT2D eigenvalue weighted by molar-refractivity contribution is -0.394. The maximum absolute atomic E-state index is 10.7. The molecule has 1 heterocycles. The lowest BCUT2D eigenvalue weighted by atomic mass is 9.96. The van der Waals surface area contributed by atoms with Crippen molar-refractivity contribution in [3.63, 3.8) is 0 Å². The van der Waals surface area contributed by atoms with Gasteiger partial charge in [-0.05, 0) is 45.8 Å². The first-order valence-corrected chi connectivity index (χ1v) is 12.0. The van der Waals surface area contributed by atoms with E-state index in [1.807, 2.05) is 6.92 Å². The van der Waals surface area contributed by atoms with Crippen LogP contribution in [0.2, 0.25) is 0 Å². The van der Waals surface area contributed by atoms with Crippen LogP contribution in [0.5, 0.6) is 5.75 Å². The molecule has 2 rings (SSSR count). The van der Waals surface area contributed by atoms with Gasteiger partial charge in [-0.3, -0.25) is 20.2 Å². The minimum Gasteiger partial charge on any atom is -0.502 e. The van der Waals surface area contributed by atoms with Crippen LogP contribution in [0.3, 0.4) is 0 Å². The molecule has 1 atom stereocenters. The normalized spacial score (nSPS) is 11.6. The molecule has 1 aromatic heterocycles. The van der Waals surface area contributed by atoms with Crippen molar-refractivity contribution in [3.05, 3.63) is 37.9 Å². The Labute approximate surface area is 203 Å². The number of aromatic hydroxyl groups is 1. The number of nitrogens with zero attached hydrogens (tertiary/aromatic N) is 5. The SMILES string of the molecule is CCC(C)c1cc([N+](=O)[O-])cc([N+](=O)[O-])c1O.CCSc1nc(NC(C)C)nc(NC(C)C)n1. The molecule has 12 nitrogen and oxygen atoms in total. The summed E-state index contributed by atoms with van der Waals surface area (Å²) >= 11 is 1.62. The molecular formula is C21H33N7O5S. The quantitative estimate of drug-likeness (QED) is 0.221. The number of hydrogen-bond donors (Lipinski definition) is 3. The Morgan fingerprint density at radius 3 is 1.85 bits per heavy atom. The van der Waals surface area contributed by atoms with Crippen LogP contribution in [0.4, 0.5) is 23.3 Å². The molecule has 0 spiro atoms. The minimum atomic E-state index is -0.825. The predicted octanol–water partition coefficient (Wildman–Crippen LogP) is 5.35. The second-order valence-corrected chi connectivity index (χ2v) is 9.25. The van der Waals surface area contributed by atoms with E-state index in [2.05, 4.69) is 60.2 Å². The van der Waals surface area contributed by atoms with Crippen LogP contribution in [0.25, 0.3) is 0 Å². The van der Waals surface area contributed by atoms with Crippen molar-refractivity contribution in [2.24, 2.45) is 0 Å². The maximum atomic E-state index is 10.7. The van der Waals surface area contributed by atoms with Gasteiger partial charge in [0.15, 0.2) is 10.9 Å². The fourth-order valence-electron chi connectivity index (χ4n) is 2.66. The van der Waals surface area contributed by atoms with Crippen LogP contribution in [-0.4, -0.2) is 47.7 Å². The third kappa shape index (κ3) is 8.96. The van der Waals surface area contributed by atoms with Crippen molar-refractivity contribution in [2.45, 2.75) is 78.0 Å². The van der Waals surface area contributed by atoms with Gasteiger partial charge in [-0.2, -0.15) is 15.0 Å². The lowest BCUT2D eigenvalue weighted by Crippen LogP contribution is -2.17. The minimum absolute atomic E-state index is 0.186. The Morgan fingerprint density at radius 1 is 0.941 bits per heavy atom. The number of hydrogen-bond acceptors (Lipinski definition) is 11. The smallest absolute Gasteiger partial charge is 0.317 e. The number of phenolic OH excluding ortho intramolecular Hbond substituents is 1. The van der Waals surface area contributed by atoms with Gasteiger partial charge >= 0.3 is 5.69 Å². The molecule has 0 aliphatic carbocycles. The highest BCUT2D eigenvalue weighted by Crippen LogP contribution is 2.39. The molecule has 34 heavy (non-hydrogen) atoms. The topological polar surface area (TPSA) is 169 Å². The van der Waals surface area contributed by atoms with Gasteiger partial charge in [-0.1, -0.05) is 32.5 Å². The predicted molar refractivity (Wildman–Crippen MR) is 134 cm³/mol. The zero-order valence-electron chi connectivity index (χ0n) is 20.5. The standard InChI is InChI=1S/C11H21N5S.C10H12N2O5/c1-6-17-11-15-9(12-7(2)3)14-10(16-11)13-8(4)5;1-3-6(2)8-4-7(11(14)15)5-9(10(8)13)12(16)17/h7-8H,6H2,1-5H3,(H2,12,13,14,15,16);4-6,13H,3H2,1-2H3. The largest absolute Gasteiger partial charge is 0.502 e. The number of aromatic nitrogens is 3. The zero-order valence-corrected chi connectivity index (χ0v) is 21.3. The highest BCUT2D eigenvalue weighted by atomic mass is 32.2. The number of benzene rings is 1. The highest BCUT2D eigenvalue weighted by molar-refractivity contribution is 7.99. The van der Waals surface area contributed by atoms with Crippen LogP contribution < -0.4 is 10.6 Å². The Morgan fingerprint density at radius 2 is 1.47 bits per heavy atom. The zero-order chi connectivity index (χ0) is 26.0. The first-order valence-electron chi connectivity index (χ1n) is 11.0. The maximum Gasteiger partial charge on any atom is 0.317 e. The van der Waals surface area contributed by atoms with E-state index in [0.29, 0.717) is 30.4 Å². The molecule has 0 radical (unpaired) electrons. The molecule has 0 saturated heterocycles. The molecule has 0 amide bonds. The van der Waals surface area contributed by atoms with Gasteiger partial charge in [0.2, 0.25) is 11.9 Å². The molecule has 0 fully saturated rings. The third-order valence-corrected chi connectivity index (χ3v) is 5.11.